The number of carbonyl (C=O) groups is 1. The number of aromatic nitrogens is 3. The Morgan fingerprint density at radius 2 is 1.94 bits per heavy atom. The number of fused-ring (bicyclic) bond motifs is 1. The van der Waals surface area contributed by atoms with Crippen LogP contribution in [0.1, 0.15) is 58.4 Å². The summed E-state index contributed by atoms with van der Waals surface area (Å²) in [5, 5.41) is 0. The maximum atomic E-state index is 13.2. The Morgan fingerprint density at radius 3 is 2.76 bits per heavy atom. The smallest absolute Gasteiger partial charge is 0.273 e. The first-order chi connectivity index (χ1) is 16.2. The van der Waals surface area contributed by atoms with Gasteiger partial charge in [-0.05, 0) is 50.8 Å². The lowest BCUT2D eigenvalue weighted by Crippen LogP contribution is -2.34. The first-order valence-corrected chi connectivity index (χ1v) is 11.6. The molecule has 1 fully saturated rings. The lowest BCUT2D eigenvalue weighted by molar-refractivity contribution is 0.0723. The van der Waals surface area contributed by atoms with Crippen LogP contribution in [-0.4, -0.2) is 46.0 Å². The lowest BCUT2D eigenvalue weighted by Gasteiger charge is -2.32. The fourth-order valence-corrected chi connectivity index (χ4v) is 4.97. The van der Waals surface area contributed by atoms with E-state index in [0.29, 0.717) is 12.2 Å². The van der Waals surface area contributed by atoms with E-state index in [1.54, 1.807) is 19.4 Å². The van der Waals surface area contributed by atoms with Gasteiger partial charge in [-0.3, -0.25) is 9.78 Å². The Balaban J connectivity index is 1.47. The first kappa shape index (κ1) is 21.4. The number of para-hydroxylation sites is 1. The summed E-state index contributed by atoms with van der Waals surface area (Å²) < 4.78 is 5.58. The van der Waals surface area contributed by atoms with E-state index in [4.69, 9.17) is 14.7 Å². The number of rotatable bonds is 5. The fourth-order valence-electron chi connectivity index (χ4n) is 4.97. The van der Waals surface area contributed by atoms with Crippen molar-refractivity contribution in [2.45, 2.75) is 45.2 Å². The summed E-state index contributed by atoms with van der Waals surface area (Å²) in [6, 6.07) is 13.4. The van der Waals surface area contributed by atoms with Gasteiger partial charge in [-0.2, -0.15) is 0 Å². The van der Waals surface area contributed by atoms with Crippen LogP contribution in [0.2, 0.25) is 0 Å². The monoisotopic (exact) mass is 443 g/mol. The molecule has 0 unspecified atom stereocenters. The number of hydrogen-bond acceptors (Lipinski definition) is 6. The maximum absolute atomic E-state index is 13.2. The van der Waals surface area contributed by atoms with E-state index in [2.05, 4.69) is 22.9 Å². The average molecular weight is 444 g/mol. The van der Waals surface area contributed by atoms with Crippen LogP contribution < -0.4 is 9.64 Å². The normalized spacial score (nSPS) is 17.7. The molecule has 7 heteroatoms. The van der Waals surface area contributed by atoms with Crippen molar-refractivity contribution in [3.05, 3.63) is 77.0 Å². The number of amides is 1. The minimum absolute atomic E-state index is 0.0528. The summed E-state index contributed by atoms with van der Waals surface area (Å²) in [5.74, 6) is 2.56. The zero-order chi connectivity index (χ0) is 22.8. The zero-order valence-electron chi connectivity index (χ0n) is 19.2. The van der Waals surface area contributed by atoms with E-state index in [-0.39, 0.29) is 11.9 Å². The molecule has 3 aromatic rings. The van der Waals surface area contributed by atoms with Gasteiger partial charge in [-0.25, -0.2) is 9.97 Å². The number of hydrogen-bond donors (Lipinski definition) is 0. The summed E-state index contributed by atoms with van der Waals surface area (Å²) in [6.07, 6.45) is 5.51. The SMILES string of the molecule is COc1ccccc1CN1CCCc2c(C)nc([C@@H]3CCCN3C(=O)c3ccccn3)nc21. The minimum Gasteiger partial charge on any atom is -0.496 e. The van der Waals surface area contributed by atoms with E-state index < -0.39 is 0 Å². The highest BCUT2D eigenvalue weighted by Gasteiger charge is 2.34. The number of carbonyl (C=O) groups excluding carboxylic acids is 1. The number of benzene rings is 1. The predicted molar refractivity (Wildman–Crippen MR) is 126 cm³/mol. The second-order valence-corrected chi connectivity index (χ2v) is 8.68. The molecule has 1 atom stereocenters. The van der Waals surface area contributed by atoms with Gasteiger partial charge < -0.3 is 14.5 Å². The molecule has 4 heterocycles. The van der Waals surface area contributed by atoms with Crippen molar-refractivity contribution >= 4 is 11.7 Å². The number of aryl methyl sites for hydroxylation is 1. The largest absolute Gasteiger partial charge is 0.496 e. The standard InChI is InChI=1S/C26H29N5O2/c1-18-20-10-7-15-30(17-19-9-3-4-13-23(19)33-2)25(20)29-24(28-18)22-12-8-16-31(22)26(32)21-11-5-6-14-27-21/h3-6,9,11,13-14,22H,7-8,10,12,15-17H2,1-2H3/t22-/m0/s1. The molecule has 0 radical (unpaired) electrons. The molecule has 0 aliphatic carbocycles. The van der Waals surface area contributed by atoms with Crippen LogP contribution in [0.15, 0.2) is 48.7 Å². The number of likely N-dealkylation sites (tertiary alicyclic amines) is 1. The van der Waals surface area contributed by atoms with E-state index in [0.717, 1.165) is 67.4 Å². The average Bonchev–Trinajstić information content (AvgIpc) is 3.35. The third-order valence-corrected chi connectivity index (χ3v) is 6.61. The third-order valence-electron chi connectivity index (χ3n) is 6.61. The van der Waals surface area contributed by atoms with E-state index in [9.17, 15) is 4.79 Å². The van der Waals surface area contributed by atoms with Crippen LogP contribution in [0.4, 0.5) is 5.82 Å². The van der Waals surface area contributed by atoms with Crippen LogP contribution in [0.5, 0.6) is 5.75 Å². The van der Waals surface area contributed by atoms with Gasteiger partial charge in [0, 0.05) is 42.7 Å². The molecule has 2 aliphatic rings. The lowest BCUT2D eigenvalue weighted by atomic mass is 10.0. The summed E-state index contributed by atoms with van der Waals surface area (Å²) in [6.45, 7) is 4.43. The number of ether oxygens (including phenoxy) is 1. The van der Waals surface area contributed by atoms with Gasteiger partial charge in [-0.15, -0.1) is 0 Å². The van der Waals surface area contributed by atoms with Crippen LogP contribution in [-0.2, 0) is 13.0 Å². The van der Waals surface area contributed by atoms with Gasteiger partial charge in [0.1, 0.15) is 17.3 Å². The van der Waals surface area contributed by atoms with Crippen molar-refractivity contribution in [1.29, 1.82) is 0 Å². The third kappa shape index (κ3) is 4.15. The molecule has 170 valence electrons. The summed E-state index contributed by atoms with van der Waals surface area (Å²) in [7, 11) is 1.71. The van der Waals surface area contributed by atoms with Crippen molar-refractivity contribution < 1.29 is 9.53 Å². The molecule has 0 spiro atoms. The molecule has 2 aromatic heterocycles. The molecule has 2 aliphatic heterocycles. The second kappa shape index (κ2) is 9.17. The molecule has 1 amide bonds. The molecular formula is C26H29N5O2. The summed E-state index contributed by atoms with van der Waals surface area (Å²) in [5.41, 5.74) is 3.83. The quantitative estimate of drug-likeness (QED) is 0.591. The van der Waals surface area contributed by atoms with E-state index in [1.165, 1.54) is 5.56 Å². The van der Waals surface area contributed by atoms with Gasteiger partial charge in [0.05, 0.1) is 13.2 Å². The molecule has 1 aromatic carbocycles. The molecule has 33 heavy (non-hydrogen) atoms. The van der Waals surface area contributed by atoms with Crippen LogP contribution in [0.25, 0.3) is 0 Å². The van der Waals surface area contributed by atoms with Crippen molar-refractivity contribution in [3.63, 3.8) is 0 Å². The van der Waals surface area contributed by atoms with Gasteiger partial charge in [0.2, 0.25) is 0 Å². The van der Waals surface area contributed by atoms with Crippen LogP contribution in [0.3, 0.4) is 0 Å². The maximum Gasteiger partial charge on any atom is 0.273 e. The Hall–Kier alpha value is -3.48. The number of anilines is 1. The van der Waals surface area contributed by atoms with Crippen molar-refractivity contribution in [2.24, 2.45) is 0 Å². The van der Waals surface area contributed by atoms with E-state index >= 15 is 0 Å². The fraction of sp³-hybridized carbons (Fsp3) is 0.385. The molecule has 0 N–H and O–H groups in total. The van der Waals surface area contributed by atoms with Crippen molar-refractivity contribution in [1.82, 2.24) is 19.9 Å². The van der Waals surface area contributed by atoms with Crippen molar-refractivity contribution in [2.75, 3.05) is 25.1 Å². The van der Waals surface area contributed by atoms with Gasteiger partial charge in [0.15, 0.2) is 5.82 Å². The molecule has 0 saturated carbocycles. The number of pyridine rings is 1. The first-order valence-electron chi connectivity index (χ1n) is 11.6. The molecule has 7 nitrogen and oxygen atoms in total. The Kier molecular flexibility index (Phi) is 5.94. The number of methoxy groups -OCH3 is 1. The molecule has 0 bridgehead atoms. The topological polar surface area (TPSA) is 71.5 Å². The number of nitrogens with zero attached hydrogens (tertiary/aromatic N) is 5. The summed E-state index contributed by atoms with van der Waals surface area (Å²) >= 11 is 0. The van der Waals surface area contributed by atoms with Gasteiger partial charge in [-0.1, -0.05) is 24.3 Å². The highest BCUT2D eigenvalue weighted by molar-refractivity contribution is 5.92. The Morgan fingerprint density at radius 1 is 1.09 bits per heavy atom. The van der Waals surface area contributed by atoms with Crippen LogP contribution >= 0.6 is 0 Å². The molecule has 1 saturated heterocycles. The molecular weight excluding hydrogens is 414 g/mol. The van der Waals surface area contributed by atoms with Gasteiger partial charge >= 0.3 is 0 Å². The summed E-state index contributed by atoms with van der Waals surface area (Å²) in [4.78, 5) is 31.6. The minimum atomic E-state index is -0.126. The highest BCUT2D eigenvalue weighted by Crippen LogP contribution is 2.35. The van der Waals surface area contributed by atoms with Gasteiger partial charge in [0.25, 0.3) is 5.91 Å². The predicted octanol–water partition coefficient (Wildman–Crippen LogP) is 4.12. The van der Waals surface area contributed by atoms with Crippen molar-refractivity contribution in [3.8, 4) is 5.75 Å². The Bertz CT molecular complexity index is 1150. The van der Waals surface area contributed by atoms with Crippen LogP contribution in [0, 0.1) is 6.92 Å². The highest BCUT2D eigenvalue weighted by atomic mass is 16.5. The Labute approximate surface area is 194 Å². The zero-order valence-corrected chi connectivity index (χ0v) is 19.2. The second-order valence-electron chi connectivity index (χ2n) is 8.68. The van der Waals surface area contributed by atoms with E-state index in [1.807, 2.05) is 35.2 Å². The molecule has 5 rings (SSSR count).